The molecule has 8 nitrogen and oxygen atoms in total. The van der Waals surface area contributed by atoms with E-state index in [1.165, 1.54) is 10.8 Å². The minimum Gasteiger partial charge on any atom is -0.387 e. The van der Waals surface area contributed by atoms with Crippen molar-refractivity contribution in [3.63, 3.8) is 0 Å². The molecule has 0 aromatic carbocycles. The van der Waals surface area contributed by atoms with Crippen molar-refractivity contribution in [3.8, 4) is 0 Å². The average molecular weight is 420 g/mol. The lowest BCUT2D eigenvalue weighted by Gasteiger charge is -2.34. The van der Waals surface area contributed by atoms with Gasteiger partial charge in [0.2, 0.25) is 0 Å². The van der Waals surface area contributed by atoms with Crippen molar-refractivity contribution in [3.05, 3.63) is 50.1 Å². The van der Waals surface area contributed by atoms with E-state index in [0.29, 0.717) is 18.2 Å². The lowest BCUT2D eigenvalue weighted by Crippen LogP contribution is -2.45. The second-order valence-electron chi connectivity index (χ2n) is 6.45. The van der Waals surface area contributed by atoms with Gasteiger partial charge in [0.05, 0.1) is 12.1 Å². The second kappa shape index (κ2) is 8.10. The van der Waals surface area contributed by atoms with Crippen LogP contribution < -0.4 is 0 Å². The zero-order valence-corrected chi connectivity index (χ0v) is 16.5. The fourth-order valence-electron chi connectivity index (χ4n) is 3.06. The predicted octanol–water partition coefficient (Wildman–Crippen LogP) is 2.42. The van der Waals surface area contributed by atoms with Crippen molar-refractivity contribution >= 4 is 42.5 Å². The molecule has 26 heavy (non-hydrogen) atoms. The Hall–Kier alpha value is -1.39. The molecule has 11 heteroatoms. The van der Waals surface area contributed by atoms with Crippen LogP contribution >= 0.6 is 36.7 Å². The third-order valence-corrected chi connectivity index (χ3v) is 4.58. The summed E-state index contributed by atoms with van der Waals surface area (Å²) in [5.41, 5.74) is 0.940. The molecule has 0 bridgehead atoms. The Kier molecular flexibility index (Phi) is 6.51. The van der Waals surface area contributed by atoms with E-state index in [1.807, 2.05) is 6.07 Å². The first kappa shape index (κ1) is 20.9. The van der Waals surface area contributed by atoms with E-state index in [-0.39, 0.29) is 31.1 Å². The van der Waals surface area contributed by atoms with E-state index in [0.717, 1.165) is 24.2 Å². The number of halogens is 2. The maximum Gasteiger partial charge on any atom is 0.383 e. The Bertz CT molecular complexity index is 815. The number of aliphatic hydroxyl groups is 1. The molecule has 0 saturated heterocycles. The first-order valence-electron chi connectivity index (χ1n) is 7.70. The lowest BCUT2D eigenvalue weighted by atomic mass is 10.0. The van der Waals surface area contributed by atoms with Gasteiger partial charge in [0.1, 0.15) is 11.3 Å². The van der Waals surface area contributed by atoms with Gasteiger partial charge < -0.3 is 15.2 Å². The molecule has 3 rings (SSSR count). The van der Waals surface area contributed by atoms with Crippen molar-refractivity contribution in [2.45, 2.75) is 32.0 Å². The Labute approximate surface area is 167 Å². The Morgan fingerprint density at radius 1 is 1.35 bits per heavy atom. The number of nitro groups is 1. The standard InChI is InChI=1S/C15H17Cl2N5O3.H2S/c1-15(23,9-21-7-13(22(24)25)19-14(21)17)8-20-5-4-11-10(6-20)2-3-12(16)18-11;/h2-3,7,23H,4-6,8-9H2,1H3;1H2/t15-;/m0./s1. The van der Waals surface area contributed by atoms with Gasteiger partial charge in [-0.3, -0.25) is 9.47 Å². The van der Waals surface area contributed by atoms with Gasteiger partial charge >= 0.3 is 11.1 Å². The van der Waals surface area contributed by atoms with Crippen molar-refractivity contribution < 1.29 is 10.0 Å². The highest BCUT2D eigenvalue weighted by atomic mass is 35.5. The molecule has 142 valence electrons. The molecule has 1 N–H and O–H groups in total. The number of hydrogen-bond donors (Lipinski definition) is 1. The highest BCUT2D eigenvalue weighted by Crippen LogP contribution is 2.23. The minimum absolute atomic E-state index is 0. The van der Waals surface area contributed by atoms with Crippen LogP contribution in [0.25, 0.3) is 0 Å². The number of pyridine rings is 1. The Morgan fingerprint density at radius 2 is 2.08 bits per heavy atom. The number of nitrogens with zero attached hydrogens (tertiary/aromatic N) is 5. The summed E-state index contributed by atoms with van der Waals surface area (Å²) in [7, 11) is 0. The molecule has 0 saturated carbocycles. The quantitative estimate of drug-likeness (QED) is 0.453. The molecular formula is C15H19Cl2N5O3S. The molecule has 0 amide bonds. The molecular weight excluding hydrogens is 401 g/mol. The molecule has 0 radical (unpaired) electrons. The molecule has 3 heterocycles. The number of imidazole rings is 1. The largest absolute Gasteiger partial charge is 0.387 e. The zero-order valence-electron chi connectivity index (χ0n) is 14.0. The summed E-state index contributed by atoms with van der Waals surface area (Å²) in [5.74, 6) is -0.337. The van der Waals surface area contributed by atoms with Gasteiger partial charge in [-0.2, -0.15) is 13.5 Å². The van der Waals surface area contributed by atoms with Gasteiger partial charge in [-0.25, -0.2) is 4.98 Å². The summed E-state index contributed by atoms with van der Waals surface area (Å²) in [6.07, 6.45) is 1.98. The molecule has 1 aliphatic heterocycles. The van der Waals surface area contributed by atoms with Gasteiger partial charge in [-0.15, -0.1) is 0 Å². The maximum absolute atomic E-state index is 10.8. The molecule has 0 spiro atoms. The Balaban J connectivity index is 0.00000243. The third kappa shape index (κ3) is 4.86. The van der Waals surface area contributed by atoms with E-state index in [4.69, 9.17) is 23.2 Å². The number of hydrogen-bond acceptors (Lipinski definition) is 6. The van der Waals surface area contributed by atoms with Gasteiger partial charge in [0.25, 0.3) is 0 Å². The normalized spacial score (nSPS) is 16.5. The predicted molar refractivity (Wildman–Crippen MR) is 103 cm³/mol. The van der Waals surface area contributed by atoms with Crippen LogP contribution in [0, 0.1) is 10.1 Å². The first-order chi connectivity index (χ1) is 11.7. The van der Waals surface area contributed by atoms with Crippen LogP contribution in [0.5, 0.6) is 0 Å². The minimum atomic E-state index is -1.13. The van der Waals surface area contributed by atoms with E-state index in [9.17, 15) is 15.2 Å². The van der Waals surface area contributed by atoms with E-state index >= 15 is 0 Å². The molecule has 1 atom stereocenters. The summed E-state index contributed by atoms with van der Waals surface area (Å²) in [6, 6.07) is 3.70. The van der Waals surface area contributed by atoms with Crippen LogP contribution in [-0.2, 0) is 19.5 Å². The first-order valence-corrected chi connectivity index (χ1v) is 8.45. The fraction of sp³-hybridized carbons (Fsp3) is 0.467. The Morgan fingerprint density at radius 3 is 2.73 bits per heavy atom. The van der Waals surface area contributed by atoms with Crippen molar-refractivity contribution in [2.24, 2.45) is 0 Å². The number of aromatic nitrogens is 3. The summed E-state index contributed by atoms with van der Waals surface area (Å²) in [5, 5.41) is 22.0. The van der Waals surface area contributed by atoms with Crippen molar-refractivity contribution in [1.82, 2.24) is 19.4 Å². The van der Waals surface area contributed by atoms with Gasteiger partial charge in [-0.05, 0) is 40.1 Å². The van der Waals surface area contributed by atoms with E-state index in [2.05, 4.69) is 14.9 Å². The van der Waals surface area contributed by atoms with Gasteiger partial charge in [-0.1, -0.05) is 17.7 Å². The SMILES string of the molecule is C[C@](O)(CN1CCc2nc(Cl)ccc2C1)Cn1cc([N+](=O)[O-])nc1Cl.S. The summed E-state index contributed by atoms with van der Waals surface area (Å²) < 4.78 is 1.39. The zero-order chi connectivity index (χ0) is 18.2. The molecule has 2 aromatic rings. The molecule has 1 aliphatic rings. The number of rotatable bonds is 5. The van der Waals surface area contributed by atoms with Gasteiger partial charge in [0, 0.05) is 31.7 Å². The van der Waals surface area contributed by atoms with Crippen molar-refractivity contribution in [2.75, 3.05) is 13.1 Å². The monoisotopic (exact) mass is 419 g/mol. The summed E-state index contributed by atoms with van der Waals surface area (Å²) >= 11 is 11.8. The lowest BCUT2D eigenvalue weighted by molar-refractivity contribution is -0.389. The van der Waals surface area contributed by atoms with Crippen LogP contribution in [0.15, 0.2) is 18.3 Å². The average Bonchev–Trinajstić information content (AvgIpc) is 2.87. The van der Waals surface area contributed by atoms with Crippen LogP contribution in [0.3, 0.4) is 0 Å². The molecule has 2 aromatic heterocycles. The van der Waals surface area contributed by atoms with E-state index in [1.54, 1.807) is 13.0 Å². The third-order valence-electron chi connectivity index (χ3n) is 4.07. The molecule has 0 aliphatic carbocycles. The number of fused-ring (bicyclic) bond motifs is 1. The number of β-amino-alcohol motifs (C(OH)–C–C–N with tert-alkyl or cyclic N) is 1. The van der Waals surface area contributed by atoms with Crippen LogP contribution in [-0.4, -0.2) is 48.2 Å². The molecule has 0 fully saturated rings. The van der Waals surface area contributed by atoms with Crippen LogP contribution in [0.1, 0.15) is 18.2 Å². The summed E-state index contributed by atoms with van der Waals surface area (Å²) in [6.45, 7) is 3.57. The van der Waals surface area contributed by atoms with E-state index < -0.39 is 10.5 Å². The highest BCUT2D eigenvalue weighted by molar-refractivity contribution is 7.59. The molecule has 0 unspecified atom stereocenters. The second-order valence-corrected chi connectivity index (χ2v) is 7.18. The van der Waals surface area contributed by atoms with Crippen LogP contribution in [0.4, 0.5) is 5.82 Å². The maximum atomic E-state index is 10.8. The van der Waals surface area contributed by atoms with Gasteiger partial charge in [0.15, 0.2) is 0 Å². The topological polar surface area (TPSA) is 97.3 Å². The van der Waals surface area contributed by atoms with Crippen LogP contribution in [0.2, 0.25) is 10.4 Å². The summed E-state index contributed by atoms with van der Waals surface area (Å²) in [4.78, 5) is 20.3. The van der Waals surface area contributed by atoms with Crippen molar-refractivity contribution in [1.29, 1.82) is 0 Å². The fourth-order valence-corrected chi connectivity index (χ4v) is 3.42. The smallest absolute Gasteiger partial charge is 0.383 e. The highest BCUT2D eigenvalue weighted by Gasteiger charge is 2.30.